The summed E-state index contributed by atoms with van der Waals surface area (Å²) in [5.41, 5.74) is 0.203. The zero-order chi connectivity index (χ0) is 15.7. The van der Waals surface area contributed by atoms with Crippen molar-refractivity contribution in [3.63, 3.8) is 0 Å². The molecule has 2 unspecified atom stereocenters. The van der Waals surface area contributed by atoms with E-state index in [2.05, 4.69) is 12.2 Å². The maximum atomic E-state index is 12.5. The predicted octanol–water partition coefficient (Wildman–Crippen LogP) is 2.92. The van der Waals surface area contributed by atoms with Gasteiger partial charge < -0.3 is 14.8 Å². The van der Waals surface area contributed by atoms with Crippen LogP contribution in [-0.2, 0) is 15.1 Å². The van der Waals surface area contributed by atoms with Crippen LogP contribution in [0.15, 0.2) is 18.2 Å². The van der Waals surface area contributed by atoms with Crippen molar-refractivity contribution in [2.24, 2.45) is 0 Å². The van der Waals surface area contributed by atoms with E-state index >= 15 is 0 Å². The van der Waals surface area contributed by atoms with E-state index in [9.17, 15) is 4.79 Å². The van der Waals surface area contributed by atoms with Crippen molar-refractivity contribution in [1.82, 2.24) is 5.32 Å². The molecule has 0 fully saturated rings. The normalized spacial score (nSPS) is 28.1. The lowest BCUT2D eigenvalue weighted by molar-refractivity contribution is -0.168. The highest BCUT2D eigenvalue weighted by Crippen LogP contribution is 2.46. The minimum Gasteiger partial charge on any atom is -0.424 e. The molecule has 0 saturated carbocycles. The number of likely N-dealkylation sites (N-methyl/N-ethyl adjacent to an activating group) is 1. The molecule has 0 aromatic heterocycles. The first-order valence-electron chi connectivity index (χ1n) is 7.56. The Morgan fingerprint density at radius 2 is 2.05 bits per heavy atom. The monoisotopic (exact) mass is 291 g/mol. The summed E-state index contributed by atoms with van der Waals surface area (Å²) < 4.78 is 11.8. The molecule has 2 atom stereocenters. The quantitative estimate of drug-likeness (QED) is 0.515. The van der Waals surface area contributed by atoms with Crippen molar-refractivity contribution < 1.29 is 14.3 Å². The van der Waals surface area contributed by atoms with Crippen molar-refractivity contribution in [3.05, 3.63) is 29.3 Å². The van der Waals surface area contributed by atoms with Gasteiger partial charge in [0.2, 0.25) is 0 Å². The van der Waals surface area contributed by atoms with Gasteiger partial charge in [0, 0.05) is 12.2 Å². The Morgan fingerprint density at radius 3 is 2.67 bits per heavy atom. The van der Waals surface area contributed by atoms with Crippen molar-refractivity contribution in [3.8, 4) is 5.75 Å². The van der Waals surface area contributed by atoms with E-state index < -0.39 is 11.1 Å². The second kappa shape index (κ2) is 5.78. The molecule has 4 heteroatoms. The molecule has 1 aliphatic rings. The van der Waals surface area contributed by atoms with Crippen molar-refractivity contribution in [2.75, 3.05) is 13.7 Å². The molecule has 4 nitrogen and oxygen atoms in total. The van der Waals surface area contributed by atoms with Crippen LogP contribution >= 0.6 is 0 Å². The molecule has 1 aromatic carbocycles. The molecule has 0 aliphatic carbocycles. The minimum atomic E-state index is -0.915. The predicted molar refractivity (Wildman–Crippen MR) is 82.5 cm³/mol. The summed E-state index contributed by atoms with van der Waals surface area (Å²) in [6.07, 6.45) is 2.02. The van der Waals surface area contributed by atoms with E-state index in [0.717, 1.165) is 24.0 Å². The fourth-order valence-electron chi connectivity index (χ4n) is 2.81. The number of para-hydroxylation sites is 1. The molecular weight excluding hydrogens is 266 g/mol. The first kappa shape index (κ1) is 16.0. The van der Waals surface area contributed by atoms with Gasteiger partial charge in [0.05, 0.1) is 0 Å². The summed E-state index contributed by atoms with van der Waals surface area (Å²) in [6, 6.07) is 5.90. The number of esters is 1. The van der Waals surface area contributed by atoms with Crippen LogP contribution in [0.4, 0.5) is 0 Å². The number of hydrogen-bond donors (Lipinski definition) is 1. The Hall–Kier alpha value is -1.39. The summed E-state index contributed by atoms with van der Waals surface area (Å²) in [7, 11) is 1.77. The molecule has 2 rings (SSSR count). The van der Waals surface area contributed by atoms with Gasteiger partial charge in [-0.3, -0.25) is 0 Å². The van der Waals surface area contributed by atoms with Gasteiger partial charge >= 0.3 is 5.97 Å². The number of ether oxygens (including phenoxy) is 2. The zero-order valence-electron chi connectivity index (χ0n) is 13.6. The number of benzene rings is 1. The fraction of sp³-hybridized carbons (Fsp3) is 0.588. The van der Waals surface area contributed by atoms with E-state index in [-0.39, 0.29) is 5.97 Å². The Kier molecular flexibility index (Phi) is 4.40. The molecule has 21 heavy (non-hydrogen) atoms. The summed E-state index contributed by atoms with van der Waals surface area (Å²) >= 11 is 0. The Balaban J connectivity index is 2.55. The second-order valence-corrected chi connectivity index (χ2v) is 5.95. The molecule has 116 valence electrons. The van der Waals surface area contributed by atoms with Crippen molar-refractivity contribution in [1.29, 1.82) is 0 Å². The number of rotatable bonds is 5. The van der Waals surface area contributed by atoms with Crippen LogP contribution in [0.3, 0.4) is 0 Å². The third-order valence-corrected chi connectivity index (χ3v) is 4.67. The van der Waals surface area contributed by atoms with Gasteiger partial charge in [0.1, 0.15) is 16.9 Å². The van der Waals surface area contributed by atoms with E-state index in [0.29, 0.717) is 12.4 Å². The number of fused-ring (bicyclic) bond motifs is 1. The lowest BCUT2D eigenvalue weighted by Crippen LogP contribution is -2.66. The van der Waals surface area contributed by atoms with Crippen LogP contribution in [0, 0.1) is 6.92 Å². The Bertz CT molecular complexity index is 543. The maximum absolute atomic E-state index is 12.5. The molecule has 0 amide bonds. The van der Waals surface area contributed by atoms with E-state index in [4.69, 9.17) is 9.47 Å². The SMILES string of the molecule is CCCCOC1(C)c2cccc(C)c2OC(=O)C1(C)NC. The van der Waals surface area contributed by atoms with Gasteiger partial charge in [-0.25, -0.2) is 4.79 Å². The van der Waals surface area contributed by atoms with E-state index in [1.165, 1.54) is 0 Å². The first-order chi connectivity index (χ1) is 9.90. The third-order valence-electron chi connectivity index (χ3n) is 4.67. The minimum absolute atomic E-state index is 0.300. The van der Waals surface area contributed by atoms with Gasteiger partial charge in [-0.2, -0.15) is 0 Å². The number of hydrogen-bond acceptors (Lipinski definition) is 4. The number of carbonyl (C=O) groups excluding carboxylic acids is 1. The lowest BCUT2D eigenvalue weighted by Gasteiger charge is -2.48. The van der Waals surface area contributed by atoms with Crippen LogP contribution in [0.2, 0.25) is 0 Å². The fourth-order valence-corrected chi connectivity index (χ4v) is 2.81. The zero-order valence-corrected chi connectivity index (χ0v) is 13.6. The molecule has 1 aromatic rings. The number of aryl methyl sites for hydroxylation is 1. The van der Waals surface area contributed by atoms with Crippen molar-refractivity contribution in [2.45, 2.75) is 51.7 Å². The van der Waals surface area contributed by atoms with Crippen LogP contribution in [0.25, 0.3) is 0 Å². The molecule has 1 heterocycles. The number of carbonyl (C=O) groups is 1. The molecule has 0 radical (unpaired) electrons. The molecule has 0 bridgehead atoms. The summed E-state index contributed by atoms with van der Waals surface area (Å²) in [4.78, 5) is 12.5. The molecule has 0 saturated heterocycles. The Morgan fingerprint density at radius 1 is 1.33 bits per heavy atom. The molecule has 1 N–H and O–H groups in total. The summed E-state index contributed by atoms with van der Waals surface area (Å²) in [5.74, 6) is 0.333. The van der Waals surface area contributed by atoms with Gasteiger partial charge in [-0.05, 0) is 39.8 Å². The van der Waals surface area contributed by atoms with Crippen LogP contribution in [0.5, 0.6) is 5.75 Å². The average molecular weight is 291 g/mol. The molecular formula is C17H25NO3. The third kappa shape index (κ3) is 2.36. The molecule has 1 aliphatic heterocycles. The Labute approximate surface area is 126 Å². The largest absolute Gasteiger partial charge is 0.424 e. The standard InChI is InChI=1S/C17H25NO3/c1-6-7-11-20-17(4)13-10-8-9-12(2)14(13)21-15(19)16(17,3)18-5/h8-10,18H,6-7,11H2,1-5H3. The number of unbranched alkanes of at least 4 members (excludes halogenated alkanes) is 1. The average Bonchev–Trinajstić information content (AvgIpc) is 2.47. The van der Waals surface area contributed by atoms with Gasteiger partial charge in [0.15, 0.2) is 0 Å². The second-order valence-electron chi connectivity index (χ2n) is 5.95. The highest BCUT2D eigenvalue weighted by Gasteiger charge is 2.57. The van der Waals surface area contributed by atoms with Crippen LogP contribution in [-0.4, -0.2) is 25.2 Å². The lowest BCUT2D eigenvalue weighted by atomic mass is 9.74. The van der Waals surface area contributed by atoms with E-state index in [1.54, 1.807) is 7.05 Å². The van der Waals surface area contributed by atoms with Gasteiger partial charge in [0.25, 0.3) is 0 Å². The highest BCUT2D eigenvalue weighted by molar-refractivity contribution is 5.87. The van der Waals surface area contributed by atoms with E-state index in [1.807, 2.05) is 39.0 Å². The van der Waals surface area contributed by atoms with Crippen LogP contribution < -0.4 is 10.1 Å². The van der Waals surface area contributed by atoms with Gasteiger partial charge in [-0.1, -0.05) is 31.5 Å². The summed E-state index contributed by atoms with van der Waals surface area (Å²) in [6.45, 7) is 8.49. The first-order valence-corrected chi connectivity index (χ1v) is 7.56. The van der Waals surface area contributed by atoms with Crippen molar-refractivity contribution >= 4 is 5.97 Å². The number of nitrogens with one attached hydrogen (secondary N) is 1. The van der Waals surface area contributed by atoms with Crippen LogP contribution in [0.1, 0.15) is 44.7 Å². The highest BCUT2D eigenvalue weighted by atomic mass is 16.6. The smallest absolute Gasteiger partial charge is 0.334 e. The maximum Gasteiger partial charge on any atom is 0.334 e. The topological polar surface area (TPSA) is 47.6 Å². The molecule has 0 spiro atoms. The van der Waals surface area contributed by atoms with Gasteiger partial charge in [-0.15, -0.1) is 0 Å². The summed E-state index contributed by atoms with van der Waals surface area (Å²) in [5, 5.41) is 3.11.